The van der Waals surface area contributed by atoms with Gasteiger partial charge in [0.25, 0.3) is 5.69 Å². The first-order valence-corrected chi connectivity index (χ1v) is 13.6. The number of rotatable bonds is 11. The number of carbonyl (C=O) groups excluding carboxylic acids is 3. The molecule has 0 aromatic heterocycles. The van der Waals surface area contributed by atoms with Crippen LogP contribution in [0.15, 0.2) is 97.1 Å². The lowest BCUT2D eigenvalue weighted by Gasteiger charge is -2.14. The van der Waals surface area contributed by atoms with Crippen LogP contribution in [0, 0.1) is 17.0 Å². The van der Waals surface area contributed by atoms with Gasteiger partial charge in [-0.05, 0) is 36.2 Å². The van der Waals surface area contributed by atoms with Gasteiger partial charge < -0.3 is 10.6 Å². The highest BCUT2D eigenvalue weighted by Crippen LogP contribution is 2.25. The van der Waals surface area contributed by atoms with E-state index in [2.05, 4.69) is 10.6 Å². The van der Waals surface area contributed by atoms with E-state index in [9.17, 15) is 24.5 Å². The first-order chi connectivity index (χ1) is 19.3. The maximum absolute atomic E-state index is 13.4. The predicted octanol–water partition coefficient (Wildman–Crippen LogP) is 6.19. The Balaban J connectivity index is 1.44. The van der Waals surface area contributed by atoms with E-state index in [1.54, 1.807) is 54.6 Å². The fourth-order valence-electron chi connectivity index (χ4n) is 3.92. The minimum atomic E-state index is -0.456. The van der Waals surface area contributed by atoms with Crippen LogP contribution >= 0.6 is 11.8 Å². The number of nitro groups is 1. The number of ketones is 1. The monoisotopic (exact) mass is 553 g/mol. The van der Waals surface area contributed by atoms with E-state index in [0.717, 1.165) is 16.7 Å². The second kappa shape index (κ2) is 13.3. The second-order valence-corrected chi connectivity index (χ2v) is 10.1. The van der Waals surface area contributed by atoms with Gasteiger partial charge in [0, 0.05) is 34.7 Å². The third-order valence-electron chi connectivity index (χ3n) is 5.99. The number of nitro benzene ring substituents is 1. The third-order valence-corrected chi connectivity index (χ3v) is 7.00. The summed E-state index contributed by atoms with van der Waals surface area (Å²) in [4.78, 5) is 49.1. The fourth-order valence-corrected chi connectivity index (χ4v) is 4.71. The summed E-state index contributed by atoms with van der Waals surface area (Å²) in [6, 6.07) is 27.4. The van der Waals surface area contributed by atoms with Crippen molar-refractivity contribution in [2.45, 2.75) is 19.1 Å². The lowest BCUT2D eigenvalue weighted by molar-refractivity contribution is -0.384. The molecule has 0 heterocycles. The van der Waals surface area contributed by atoms with E-state index in [1.807, 2.05) is 37.3 Å². The van der Waals surface area contributed by atoms with E-state index in [1.165, 1.54) is 23.9 Å². The predicted molar refractivity (Wildman–Crippen MR) is 158 cm³/mol. The van der Waals surface area contributed by atoms with Gasteiger partial charge in [-0.3, -0.25) is 24.5 Å². The molecular weight excluding hydrogens is 526 g/mol. The molecule has 0 radical (unpaired) electrons. The van der Waals surface area contributed by atoms with Crippen molar-refractivity contribution in [2.24, 2.45) is 0 Å². The standard InChI is InChI=1S/C31H27N3O5S/c1-21-7-9-22(10-8-21)17-29(35)33-28-16-13-25(18-27(28)31(37)24-5-3-2-4-6-24)32-30(36)20-40-19-23-11-14-26(15-12-23)34(38)39/h2-16,18H,17,19-20H2,1H3,(H,32,36)(H,33,35). The normalized spacial score (nSPS) is 10.5. The summed E-state index contributed by atoms with van der Waals surface area (Å²) in [6.45, 7) is 1.98. The van der Waals surface area contributed by atoms with Crippen LogP contribution in [-0.2, 0) is 21.8 Å². The van der Waals surface area contributed by atoms with Crippen molar-refractivity contribution in [1.82, 2.24) is 0 Å². The van der Waals surface area contributed by atoms with Gasteiger partial charge in [-0.1, -0.05) is 72.3 Å². The average molecular weight is 554 g/mol. The zero-order valence-corrected chi connectivity index (χ0v) is 22.6. The van der Waals surface area contributed by atoms with Crippen LogP contribution in [-0.4, -0.2) is 28.3 Å². The summed E-state index contributed by atoms with van der Waals surface area (Å²) >= 11 is 1.36. The molecule has 0 aliphatic rings. The Labute approximate surface area is 236 Å². The molecule has 0 saturated heterocycles. The minimum absolute atomic E-state index is 0.0159. The number of benzene rings is 4. The van der Waals surface area contributed by atoms with E-state index in [-0.39, 0.29) is 41.0 Å². The second-order valence-electron chi connectivity index (χ2n) is 9.13. The Kier molecular flexibility index (Phi) is 9.43. The number of nitrogens with one attached hydrogen (secondary N) is 2. The molecule has 0 unspecified atom stereocenters. The smallest absolute Gasteiger partial charge is 0.269 e. The van der Waals surface area contributed by atoms with Crippen molar-refractivity contribution in [3.8, 4) is 0 Å². The van der Waals surface area contributed by atoms with Gasteiger partial charge in [0.2, 0.25) is 11.8 Å². The lowest BCUT2D eigenvalue weighted by atomic mass is 10.0. The van der Waals surface area contributed by atoms with Crippen molar-refractivity contribution in [3.63, 3.8) is 0 Å². The maximum atomic E-state index is 13.4. The molecule has 4 aromatic carbocycles. The van der Waals surface area contributed by atoms with Crippen LogP contribution < -0.4 is 10.6 Å². The number of anilines is 2. The van der Waals surface area contributed by atoms with Gasteiger partial charge in [-0.15, -0.1) is 11.8 Å². The number of non-ortho nitro benzene ring substituents is 1. The molecule has 0 aliphatic carbocycles. The molecule has 40 heavy (non-hydrogen) atoms. The summed E-state index contributed by atoms with van der Waals surface area (Å²) in [6.07, 6.45) is 0.156. The Morgan fingerprint density at radius 1 is 0.800 bits per heavy atom. The van der Waals surface area contributed by atoms with Crippen molar-refractivity contribution < 1.29 is 19.3 Å². The SMILES string of the molecule is Cc1ccc(CC(=O)Nc2ccc(NC(=O)CSCc3ccc([N+](=O)[O-])cc3)cc2C(=O)c2ccccc2)cc1. The maximum Gasteiger partial charge on any atom is 0.269 e. The zero-order chi connectivity index (χ0) is 28.5. The number of aryl methyl sites for hydroxylation is 1. The van der Waals surface area contributed by atoms with Crippen molar-refractivity contribution in [1.29, 1.82) is 0 Å². The molecule has 0 aliphatic heterocycles. The molecule has 8 nitrogen and oxygen atoms in total. The zero-order valence-electron chi connectivity index (χ0n) is 21.8. The first-order valence-electron chi connectivity index (χ1n) is 12.5. The summed E-state index contributed by atoms with van der Waals surface area (Å²) < 4.78 is 0. The molecule has 0 atom stereocenters. The quantitative estimate of drug-likeness (QED) is 0.130. The minimum Gasteiger partial charge on any atom is -0.325 e. The third kappa shape index (κ3) is 7.87. The van der Waals surface area contributed by atoms with Gasteiger partial charge in [0.05, 0.1) is 22.8 Å². The molecular formula is C31H27N3O5S. The van der Waals surface area contributed by atoms with Crippen molar-refractivity contribution >= 4 is 46.4 Å². The number of hydrogen-bond donors (Lipinski definition) is 2. The Morgan fingerprint density at radius 2 is 1.48 bits per heavy atom. The highest BCUT2D eigenvalue weighted by atomic mass is 32.2. The van der Waals surface area contributed by atoms with E-state index in [0.29, 0.717) is 22.7 Å². The van der Waals surface area contributed by atoms with E-state index in [4.69, 9.17) is 0 Å². The summed E-state index contributed by atoms with van der Waals surface area (Å²) in [5.41, 5.74) is 4.34. The highest BCUT2D eigenvalue weighted by Gasteiger charge is 2.17. The summed E-state index contributed by atoms with van der Waals surface area (Å²) in [5.74, 6) is -0.148. The Hall–Kier alpha value is -4.76. The van der Waals surface area contributed by atoms with Crippen molar-refractivity contribution in [3.05, 3.63) is 135 Å². The van der Waals surface area contributed by atoms with E-state index >= 15 is 0 Å². The molecule has 2 N–H and O–H groups in total. The van der Waals surface area contributed by atoms with Gasteiger partial charge in [0.1, 0.15) is 0 Å². The van der Waals surface area contributed by atoms with Crippen LogP contribution in [0.3, 0.4) is 0 Å². The topological polar surface area (TPSA) is 118 Å². The molecule has 2 amide bonds. The number of nitrogens with zero attached hydrogens (tertiary/aromatic N) is 1. The first kappa shape index (κ1) is 28.3. The van der Waals surface area contributed by atoms with Gasteiger partial charge >= 0.3 is 0 Å². The van der Waals surface area contributed by atoms with Gasteiger partial charge in [0.15, 0.2) is 5.78 Å². The molecule has 0 spiro atoms. The molecule has 9 heteroatoms. The summed E-state index contributed by atoms with van der Waals surface area (Å²) in [5, 5.41) is 16.5. The van der Waals surface area contributed by atoms with Gasteiger partial charge in [-0.25, -0.2) is 0 Å². The van der Waals surface area contributed by atoms with Crippen LogP contribution in [0.1, 0.15) is 32.6 Å². The van der Waals surface area contributed by atoms with Crippen LogP contribution in [0.4, 0.5) is 17.1 Å². The number of amides is 2. The molecule has 0 bridgehead atoms. The lowest BCUT2D eigenvalue weighted by Crippen LogP contribution is -2.18. The van der Waals surface area contributed by atoms with Crippen molar-refractivity contribution in [2.75, 3.05) is 16.4 Å². The molecule has 202 valence electrons. The highest BCUT2D eigenvalue weighted by molar-refractivity contribution is 7.99. The number of hydrogen-bond acceptors (Lipinski definition) is 6. The number of carbonyl (C=O) groups is 3. The van der Waals surface area contributed by atoms with Crippen LogP contribution in [0.25, 0.3) is 0 Å². The fraction of sp³-hybridized carbons (Fsp3) is 0.129. The molecule has 4 rings (SSSR count). The summed E-state index contributed by atoms with van der Waals surface area (Å²) in [7, 11) is 0. The van der Waals surface area contributed by atoms with Crippen LogP contribution in [0.5, 0.6) is 0 Å². The average Bonchev–Trinajstić information content (AvgIpc) is 2.95. The molecule has 4 aromatic rings. The van der Waals surface area contributed by atoms with Gasteiger partial charge in [-0.2, -0.15) is 0 Å². The van der Waals surface area contributed by atoms with Crippen LogP contribution in [0.2, 0.25) is 0 Å². The number of thioether (sulfide) groups is 1. The Bertz CT molecular complexity index is 1520. The molecule has 0 saturated carbocycles. The Morgan fingerprint density at radius 3 is 2.15 bits per heavy atom. The largest absolute Gasteiger partial charge is 0.325 e. The van der Waals surface area contributed by atoms with E-state index < -0.39 is 4.92 Å². The molecule has 0 fully saturated rings.